The molecule has 138 valence electrons. The Morgan fingerprint density at radius 1 is 1.12 bits per heavy atom. The Kier molecular flexibility index (Phi) is 5.58. The molecule has 0 aliphatic carbocycles. The third kappa shape index (κ3) is 3.88. The van der Waals surface area contributed by atoms with E-state index < -0.39 is 0 Å². The molecular formula is C19H23N3O4. The zero-order chi connectivity index (χ0) is 18.5. The highest BCUT2D eigenvalue weighted by molar-refractivity contribution is 5.96. The fourth-order valence-corrected chi connectivity index (χ4v) is 3.02. The van der Waals surface area contributed by atoms with E-state index in [4.69, 9.17) is 9.15 Å². The number of methoxy groups -OCH3 is 1. The summed E-state index contributed by atoms with van der Waals surface area (Å²) in [4.78, 5) is 28.7. The number of ether oxygens (including phenoxy) is 1. The fourth-order valence-electron chi connectivity index (χ4n) is 3.02. The molecule has 2 heterocycles. The lowest BCUT2D eigenvalue weighted by Gasteiger charge is -2.37. The van der Waals surface area contributed by atoms with Gasteiger partial charge in [0.2, 0.25) is 5.91 Å². The van der Waals surface area contributed by atoms with Gasteiger partial charge >= 0.3 is 0 Å². The van der Waals surface area contributed by atoms with Gasteiger partial charge in [0.1, 0.15) is 5.75 Å². The lowest BCUT2D eigenvalue weighted by atomic mass is 10.2. The van der Waals surface area contributed by atoms with Gasteiger partial charge < -0.3 is 19.4 Å². The smallest absolute Gasteiger partial charge is 0.289 e. The van der Waals surface area contributed by atoms with Crippen LogP contribution in [-0.2, 0) is 4.79 Å². The summed E-state index contributed by atoms with van der Waals surface area (Å²) in [6.07, 6.45) is 1.49. The zero-order valence-electron chi connectivity index (χ0n) is 15.0. The summed E-state index contributed by atoms with van der Waals surface area (Å²) in [5, 5.41) is 2.91. The molecule has 7 heteroatoms. The predicted octanol–water partition coefficient (Wildman–Crippen LogP) is 2.07. The molecule has 1 aromatic heterocycles. The second-order valence-electron chi connectivity index (χ2n) is 6.17. The van der Waals surface area contributed by atoms with Gasteiger partial charge in [-0.2, -0.15) is 0 Å². The maximum atomic E-state index is 12.6. The van der Waals surface area contributed by atoms with E-state index in [9.17, 15) is 9.59 Å². The second-order valence-corrected chi connectivity index (χ2v) is 6.17. The molecule has 1 fully saturated rings. The molecule has 7 nitrogen and oxygen atoms in total. The zero-order valence-corrected chi connectivity index (χ0v) is 15.0. The van der Waals surface area contributed by atoms with Crippen molar-refractivity contribution in [2.24, 2.45) is 0 Å². The van der Waals surface area contributed by atoms with Gasteiger partial charge in [0, 0.05) is 26.2 Å². The molecular weight excluding hydrogens is 334 g/mol. The summed E-state index contributed by atoms with van der Waals surface area (Å²) in [6, 6.07) is 10.4. The van der Waals surface area contributed by atoms with E-state index in [1.54, 1.807) is 30.2 Å². The van der Waals surface area contributed by atoms with E-state index in [1.807, 2.05) is 25.1 Å². The van der Waals surface area contributed by atoms with Gasteiger partial charge in [-0.15, -0.1) is 0 Å². The van der Waals surface area contributed by atoms with Crippen LogP contribution in [0.2, 0.25) is 0 Å². The number of nitrogens with zero attached hydrogens (tertiary/aromatic N) is 2. The first-order chi connectivity index (χ1) is 12.6. The quantitative estimate of drug-likeness (QED) is 0.887. The first-order valence-electron chi connectivity index (χ1n) is 8.61. The molecule has 1 aliphatic heterocycles. The maximum Gasteiger partial charge on any atom is 0.289 e. The molecule has 26 heavy (non-hydrogen) atoms. The van der Waals surface area contributed by atoms with Crippen molar-refractivity contribution in [3.05, 3.63) is 48.4 Å². The monoisotopic (exact) mass is 357 g/mol. The summed E-state index contributed by atoms with van der Waals surface area (Å²) >= 11 is 0. The number of piperazine rings is 1. The van der Waals surface area contributed by atoms with Crippen LogP contribution in [0.5, 0.6) is 5.75 Å². The van der Waals surface area contributed by atoms with Crippen LogP contribution in [0.1, 0.15) is 17.5 Å². The number of carbonyl (C=O) groups is 2. The Morgan fingerprint density at radius 3 is 2.50 bits per heavy atom. The molecule has 1 atom stereocenters. The third-order valence-corrected chi connectivity index (χ3v) is 4.63. The van der Waals surface area contributed by atoms with Gasteiger partial charge in [0.05, 0.1) is 25.1 Å². The number of anilines is 1. The topological polar surface area (TPSA) is 75.0 Å². The van der Waals surface area contributed by atoms with Crippen molar-refractivity contribution >= 4 is 17.5 Å². The maximum absolute atomic E-state index is 12.6. The van der Waals surface area contributed by atoms with Crippen LogP contribution < -0.4 is 10.1 Å². The Morgan fingerprint density at radius 2 is 1.85 bits per heavy atom. The van der Waals surface area contributed by atoms with Gasteiger partial charge in [-0.1, -0.05) is 12.1 Å². The molecule has 1 aliphatic rings. The summed E-state index contributed by atoms with van der Waals surface area (Å²) in [5.74, 6) is 0.767. The second kappa shape index (κ2) is 8.05. The van der Waals surface area contributed by atoms with E-state index >= 15 is 0 Å². The standard InChI is InChI=1S/C19H23N3O4/c1-14(18(23)20-15-6-3-4-7-16(15)25-2)21-9-11-22(12-10-21)19(24)17-8-5-13-26-17/h3-8,13-14H,9-12H2,1-2H3,(H,20,23)/t14-/m1/s1. The van der Waals surface area contributed by atoms with Gasteiger partial charge in [-0.05, 0) is 31.2 Å². The van der Waals surface area contributed by atoms with Gasteiger partial charge in [-0.3, -0.25) is 14.5 Å². The number of hydrogen-bond donors (Lipinski definition) is 1. The van der Waals surface area contributed by atoms with Crippen molar-refractivity contribution in [3.8, 4) is 5.75 Å². The van der Waals surface area contributed by atoms with Gasteiger partial charge in [0.25, 0.3) is 5.91 Å². The summed E-state index contributed by atoms with van der Waals surface area (Å²) < 4.78 is 10.4. The largest absolute Gasteiger partial charge is 0.495 e. The Labute approximate surface area is 152 Å². The molecule has 1 aromatic carbocycles. The normalized spacial score (nSPS) is 16.2. The highest BCUT2D eigenvalue weighted by atomic mass is 16.5. The van der Waals surface area contributed by atoms with Crippen molar-refractivity contribution < 1.29 is 18.7 Å². The molecule has 0 saturated carbocycles. The van der Waals surface area contributed by atoms with Crippen molar-refractivity contribution in [1.29, 1.82) is 0 Å². The lowest BCUT2D eigenvalue weighted by molar-refractivity contribution is -0.121. The first kappa shape index (κ1) is 18.0. The predicted molar refractivity (Wildman–Crippen MR) is 97.3 cm³/mol. The molecule has 0 bridgehead atoms. The number of hydrogen-bond acceptors (Lipinski definition) is 5. The molecule has 2 aromatic rings. The minimum atomic E-state index is -0.305. The van der Waals surface area contributed by atoms with Crippen molar-refractivity contribution in [2.75, 3.05) is 38.6 Å². The Balaban J connectivity index is 1.55. The number of furan rings is 1. The molecule has 1 N–H and O–H groups in total. The highest BCUT2D eigenvalue weighted by Crippen LogP contribution is 2.23. The lowest BCUT2D eigenvalue weighted by Crippen LogP contribution is -2.54. The average molecular weight is 357 g/mol. The average Bonchev–Trinajstić information content (AvgIpc) is 3.22. The Bertz CT molecular complexity index is 752. The minimum absolute atomic E-state index is 0.0969. The van der Waals surface area contributed by atoms with Crippen LogP contribution in [0.25, 0.3) is 0 Å². The van der Waals surface area contributed by atoms with Crippen LogP contribution in [0.15, 0.2) is 47.1 Å². The van der Waals surface area contributed by atoms with Gasteiger partial charge in [-0.25, -0.2) is 0 Å². The van der Waals surface area contributed by atoms with Crippen molar-refractivity contribution in [2.45, 2.75) is 13.0 Å². The molecule has 1 saturated heterocycles. The number of carbonyl (C=O) groups excluding carboxylic acids is 2. The summed E-state index contributed by atoms with van der Waals surface area (Å²) in [7, 11) is 1.57. The molecule has 2 amide bonds. The summed E-state index contributed by atoms with van der Waals surface area (Å²) in [5.41, 5.74) is 0.651. The molecule has 0 unspecified atom stereocenters. The van der Waals surface area contributed by atoms with Crippen LogP contribution in [0.4, 0.5) is 5.69 Å². The SMILES string of the molecule is COc1ccccc1NC(=O)[C@@H](C)N1CCN(C(=O)c2ccco2)CC1. The van der Waals surface area contributed by atoms with E-state index in [2.05, 4.69) is 10.2 Å². The number of benzene rings is 1. The van der Waals surface area contributed by atoms with Crippen LogP contribution in [0.3, 0.4) is 0 Å². The molecule has 3 rings (SSSR count). The van der Waals surface area contributed by atoms with Gasteiger partial charge in [0.15, 0.2) is 5.76 Å². The van der Waals surface area contributed by atoms with Crippen molar-refractivity contribution in [1.82, 2.24) is 9.80 Å². The first-order valence-corrected chi connectivity index (χ1v) is 8.61. The van der Waals surface area contributed by atoms with Crippen LogP contribution in [-0.4, -0.2) is 60.9 Å². The van der Waals surface area contributed by atoms with E-state index in [0.29, 0.717) is 43.4 Å². The van der Waals surface area contributed by atoms with Crippen molar-refractivity contribution in [3.63, 3.8) is 0 Å². The molecule has 0 radical (unpaired) electrons. The third-order valence-electron chi connectivity index (χ3n) is 4.63. The summed E-state index contributed by atoms with van der Waals surface area (Å²) in [6.45, 7) is 4.26. The molecule has 0 spiro atoms. The highest BCUT2D eigenvalue weighted by Gasteiger charge is 2.29. The Hall–Kier alpha value is -2.80. The fraction of sp³-hybridized carbons (Fsp3) is 0.368. The minimum Gasteiger partial charge on any atom is -0.495 e. The number of rotatable bonds is 5. The van der Waals surface area contributed by atoms with E-state index in [-0.39, 0.29) is 17.9 Å². The number of para-hydroxylation sites is 2. The van der Waals surface area contributed by atoms with Crippen LogP contribution >= 0.6 is 0 Å². The van der Waals surface area contributed by atoms with E-state index in [1.165, 1.54) is 6.26 Å². The number of amides is 2. The van der Waals surface area contributed by atoms with E-state index in [0.717, 1.165) is 0 Å². The number of nitrogens with one attached hydrogen (secondary N) is 1. The van der Waals surface area contributed by atoms with Crippen LogP contribution in [0, 0.1) is 0 Å².